The number of anilines is 1. The summed E-state index contributed by atoms with van der Waals surface area (Å²) >= 11 is 0. The Balaban J connectivity index is 2.29. The van der Waals surface area contributed by atoms with Gasteiger partial charge in [-0.05, 0) is 25.0 Å². The average Bonchev–Trinajstić information content (AvgIpc) is 2.41. The predicted octanol–water partition coefficient (Wildman–Crippen LogP) is 1.16. The first-order valence-electron chi connectivity index (χ1n) is 5.84. The van der Waals surface area contributed by atoms with Crippen LogP contribution < -0.4 is 10.6 Å². The molecule has 1 saturated heterocycles. The van der Waals surface area contributed by atoms with Crippen molar-refractivity contribution < 1.29 is 9.72 Å². The second kappa shape index (κ2) is 5.35. The van der Waals surface area contributed by atoms with E-state index in [1.807, 2.05) is 6.07 Å². The topological polar surface area (TPSA) is 108 Å². The molecule has 1 aromatic rings. The summed E-state index contributed by atoms with van der Waals surface area (Å²) < 4.78 is 0. The molecule has 0 bridgehead atoms. The third-order valence-corrected chi connectivity index (χ3v) is 2.94. The lowest BCUT2D eigenvalue weighted by atomic mass is 10.1. The summed E-state index contributed by atoms with van der Waals surface area (Å²) in [6.07, 6.45) is 1.43. The molecule has 1 fully saturated rings. The van der Waals surface area contributed by atoms with E-state index < -0.39 is 11.0 Å². The fourth-order valence-corrected chi connectivity index (χ4v) is 1.98. The molecule has 1 aliphatic rings. The molecule has 1 atom stereocenters. The van der Waals surface area contributed by atoms with Crippen LogP contribution in [0.1, 0.15) is 18.4 Å². The van der Waals surface area contributed by atoms with E-state index >= 15 is 0 Å². The van der Waals surface area contributed by atoms with E-state index in [0.717, 1.165) is 6.42 Å². The van der Waals surface area contributed by atoms with Crippen molar-refractivity contribution in [2.45, 2.75) is 18.9 Å². The number of nitrogens with zero attached hydrogens (tertiary/aromatic N) is 2. The number of hydrogen-bond acceptors (Lipinski definition) is 5. The van der Waals surface area contributed by atoms with E-state index in [4.69, 9.17) is 5.26 Å². The van der Waals surface area contributed by atoms with Gasteiger partial charge in [-0.25, -0.2) is 0 Å². The summed E-state index contributed by atoms with van der Waals surface area (Å²) in [5, 5.41) is 25.3. The van der Waals surface area contributed by atoms with Crippen molar-refractivity contribution in [3.63, 3.8) is 0 Å². The Morgan fingerprint density at radius 1 is 1.53 bits per heavy atom. The van der Waals surface area contributed by atoms with Gasteiger partial charge in [-0.2, -0.15) is 5.26 Å². The second-order valence-electron chi connectivity index (χ2n) is 4.23. The lowest BCUT2D eigenvalue weighted by Crippen LogP contribution is -2.44. The van der Waals surface area contributed by atoms with Gasteiger partial charge in [0.2, 0.25) is 5.91 Å². The maximum Gasteiger partial charge on any atom is 0.292 e. The number of piperidine rings is 1. The number of amides is 1. The predicted molar refractivity (Wildman–Crippen MR) is 67.5 cm³/mol. The van der Waals surface area contributed by atoms with Gasteiger partial charge >= 0.3 is 0 Å². The number of carbonyl (C=O) groups excluding carboxylic acids is 1. The fraction of sp³-hybridized carbons (Fsp3) is 0.333. The molecule has 1 amide bonds. The Labute approximate surface area is 109 Å². The number of nitriles is 1. The molecule has 98 valence electrons. The van der Waals surface area contributed by atoms with Crippen LogP contribution in [-0.2, 0) is 4.79 Å². The van der Waals surface area contributed by atoms with Gasteiger partial charge in [-0.1, -0.05) is 0 Å². The van der Waals surface area contributed by atoms with Crippen LogP contribution in [-0.4, -0.2) is 23.4 Å². The highest BCUT2D eigenvalue weighted by Gasteiger charge is 2.24. The Bertz CT molecular complexity index is 565. The largest absolute Gasteiger partial charge is 0.368 e. The third-order valence-electron chi connectivity index (χ3n) is 2.94. The minimum absolute atomic E-state index is 0.141. The fourth-order valence-electron chi connectivity index (χ4n) is 1.98. The Kier molecular flexibility index (Phi) is 3.61. The van der Waals surface area contributed by atoms with Crippen LogP contribution in [0, 0.1) is 21.4 Å². The van der Waals surface area contributed by atoms with Gasteiger partial charge < -0.3 is 10.6 Å². The van der Waals surface area contributed by atoms with E-state index in [9.17, 15) is 14.9 Å². The van der Waals surface area contributed by atoms with Gasteiger partial charge in [-0.3, -0.25) is 14.9 Å². The van der Waals surface area contributed by atoms with Crippen LogP contribution in [0.25, 0.3) is 0 Å². The highest BCUT2D eigenvalue weighted by Crippen LogP contribution is 2.27. The van der Waals surface area contributed by atoms with Crippen molar-refractivity contribution in [1.29, 1.82) is 5.26 Å². The van der Waals surface area contributed by atoms with Crippen LogP contribution in [0.15, 0.2) is 18.2 Å². The van der Waals surface area contributed by atoms with Crippen LogP contribution >= 0.6 is 0 Å². The highest BCUT2D eigenvalue weighted by molar-refractivity contribution is 5.86. The summed E-state index contributed by atoms with van der Waals surface area (Å²) in [5.41, 5.74) is 0.368. The first-order chi connectivity index (χ1) is 9.11. The molecule has 1 aliphatic heterocycles. The third kappa shape index (κ3) is 2.80. The molecule has 2 N–H and O–H groups in total. The van der Waals surface area contributed by atoms with E-state index in [1.165, 1.54) is 18.2 Å². The van der Waals surface area contributed by atoms with Gasteiger partial charge in [-0.15, -0.1) is 0 Å². The lowest BCUT2D eigenvalue weighted by Gasteiger charge is -2.23. The molecule has 1 aromatic carbocycles. The molecule has 2 rings (SSSR count). The van der Waals surface area contributed by atoms with Crippen LogP contribution in [0.4, 0.5) is 11.4 Å². The van der Waals surface area contributed by atoms with E-state index in [-0.39, 0.29) is 17.3 Å². The normalized spacial score (nSPS) is 18.3. The Hall–Kier alpha value is -2.62. The van der Waals surface area contributed by atoms with Crippen molar-refractivity contribution in [2.75, 3.05) is 11.9 Å². The minimum atomic E-state index is -0.537. The highest BCUT2D eigenvalue weighted by atomic mass is 16.6. The zero-order chi connectivity index (χ0) is 13.8. The quantitative estimate of drug-likeness (QED) is 0.626. The van der Waals surface area contributed by atoms with Crippen molar-refractivity contribution in [3.8, 4) is 6.07 Å². The zero-order valence-corrected chi connectivity index (χ0v) is 10.0. The molecule has 1 heterocycles. The van der Waals surface area contributed by atoms with Gasteiger partial charge in [0.1, 0.15) is 11.7 Å². The van der Waals surface area contributed by atoms with E-state index in [0.29, 0.717) is 18.5 Å². The number of hydrogen-bond donors (Lipinski definition) is 2. The number of nitro benzene ring substituents is 1. The Morgan fingerprint density at radius 2 is 2.32 bits per heavy atom. The van der Waals surface area contributed by atoms with Gasteiger partial charge in [0.15, 0.2) is 0 Å². The first kappa shape index (κ1) is 12.8. The monoisotopic (exact) mass is 260 g/mol. The van der Waals surface area contributed by atoms with Crippen molar-refractivity contribution in [3.05, 3.63) is 33.9 Å². The summed E-state index contributed by atoms with van der Waals surface area (Å²) in [6, 6.07) is 5.45. The molecule has 0 aliphatic carbocycles. The smallest absolute Gasteiger partial charge is 0.292 e. The second-order valence-corrected chi connectivity index (χ2v) is 4.23. The summed E-state index contributed by atoms with van der Waals surface area (Å²) in [4.78, 5) is 22.0. The molecule has 0 aromatic heterocycles. The van der Waals surface area contributed by atoms with Gasteiger partial charge in [0.25, 0.3) is 5.69 Å². The van der Waals surface area contributed by atoms with Crippen molar-refractivity contribution >= 4 is 17.3 Å². The minimum Gasteiger partial charge on any atom is -0.368 e. The van der Waals surface area contributed by atoms with Crippen molar-refractivity contribution in [1.82, 2.24) is 5.32 Å². The zero-order valence-electron chi connectivity index (χ0n) is 10.0. The van der Waals surface area contributed by atoms with Gasteiger partial charge in [0.05, 0.1) is 16.6 Å². The van der Waals surface area contributed by atoms with Crippen LogP contribution in [0.3, 0.4) is 0 Å². The number of nitrogens with one attached hydrogen (secondary N) is 2. The number of nitro groups is 1. The maximum atomic E-state index is 11.6. The summed E-state index contributed by atoms with van der Waals surface area (Å²) in [7, 11) is 0. The standard InChI is InChI=1S/C12H12N4O3/c13-7-8-3-4-11(16(18)19)10(6-8)15-9-2-1-5-14-12(9)17/h3-4,6,9,15H,1-2,5H2,(H,14,17). The number of rotatable bonds is 3. The lowest BCUT2D eigenvalue weighted by molar-refractivity contribution is -0.384. The molecule has 7 heteroatoms. The SMILES string of the molecule is N#Cc1ccc([N+](=O)[O-])c(NC2CCCNC2=O)c1. The maximum absolute atomic E-state index is 11.6. The molecule has 1 unspecified atom stereocenters. The van der Waals surface area contributed by atoms with Crippen molar-refractivity contribution in [2.24, 2.45) is 0 Å². The molecular formula is C12H12N4O3. The summed E-state index contributed by atoms with van der Waals surface area (Å²) in [5.74, 6) is -0.178. The van der Waals surface area contributed by atoms with E-state index in [1.54, 1.807) is 0 Å². The van der Waals surface area contributed by atoms with Crippen LogP contribution in [0.2, 0.25) is 0 Å². The molecule has 0 saturated carbocycles. The molecule has 19 heavy (non-hydrogen) atoms. The molecule has 7 nitrogen and oxygen atoms in total. The molecule has 0 spiro atoms. The average molecular weight is 260 g/mol. The van der Waals surface area contributed by atoms with E-state index in [2.05, 4.69) is 10.6 Å². The number of benzene rings is 1. The van der Waals surface area contributed by atoms with Gasteiger partial charge in [0, 0.05) is 12.6 Å². The molecular weight excluding hydrogens is 248 g/mol. The van der Waals surface area contributed by atoms with Crippen LogP contribution in [0.5, 0.6) is 0 Å². The summed E-state index contributed by atoms with van der Waals surface area (Å²) in [6.45, 7) is 0.622. The molecule has 0 radical (unpaired) electrons. The number of carbonyl (C=O) groups is 1. The Morgan fingerprint density at radius 3 is 2.95 bits per heavy atom. The first-order valence-corrected chi connectivity index (χ1v) is 5.84.